The molecule has 0 bridgehead atoms. The molecule has 4 unspecified atom stereocenters. The molecule has 3 nitrogen and oxygen atoms in total. The van der Waals surface area contributed by atoms with Gasteiger partial charge in [-0.2, -0.15) is 0 Å². The van der Waals surface area contributed by atoms with Crippen molar-refractivity contribution in [2.24, 2.45) is 41.5 Å². The van der Waals surface area contributed by atoms with Gasteiger partial charge >= 0.3 is 5.16 Å². The summed E-state index contributed by atoms with van der Waals surface area (Å²) >= 11 is 1.78. The van der Waals surface area contributed by atoms with Crippen LogP contribution in [0.15, 0.2) is 17.6 Å². The molecule has 1 heterocycles. The third-order valence-corrected chi connectivity index (χ3v) is 10.7. The van der Waals surface area contributed by atoms with E-state index in [9.17, 15) is 4.79 Å². The van der Waals surface area contributed by atoms with Crippen molar-refractivity contribution in [1.29, 1.82) is 0 Å². The van der Waals surface area contributed by atoms with Crippen molar-refractivity contribution in [3.63, 3.8) is 0 Å². The Morgan fingerprint density at radius 1 is 1.11 bits per heavy atom. The monoisotopic (exact) mass is 466 g/mol. The number of nitrogens with zero attached hydrogens (tertiary/aromatic N) is 1. The number of Topliss-reactive ketones (excluding diaryl/α,β-unsaturated/α-hetero) is 1. The number of nitrogens with one attached hydrogen (secondary N) is 1. The summed E-state index contributed by atoms with van der Waals surface area (Å²) in [5, 5.41) is 1.26. The summed E-state index contributed by atoms with van der Waals surface area (Å²) in [6, 6.07) is 0. The number of halogens is 1. The maximum Gasteiger partial charge on any atom is 0.316 e. The molecule has 1 N–H and O–H groups in total. The molecule has 0 aliphatic heterocycles. The predicted octanol–water partition coefficient (Wildman–Crippen LogP) is 1.92. The highest BCUT2D eigenvalue weighted by atomic mass is 79.9. The lowest BCUT2D eigenvalue weighted by atomic mass is 9.45. The quantitative estimate of drug-likeness (QED) is 0.675. The fraction of sp³-hybridized carbons (Fsp3) is 0.826. The summed E-state index contributed by atoms with van der Waals surface area (Å²) in [4.78, 5) is 16.8. The largest absolute Gasteiger partial charge is 1.00 e. The molecule has 156 valence electrons. The number of ketones is 1. The molecule has 1 aromatic heterocycles. The number of imidazole rings is 1. The Kier molecular flexibility index (Phi) is 5.57. The lowest BCUT2D eigenvalue weighted by Crippen LogP contribution is -3.00. The van der Waals surface area contributed by atoms with Gasteiger partial charge in [-0.05, 0) is 85.8 Å². The van der Waals surface area contributed by atoms with E-state index in [1.807, 2.05) is 12.4 Å². The van der Waals surface area contributed by atoms with Crippen LogP contribution in [0.1, 0.15) is 71.6 Å². The van der Waals surface area contributed by atoms with Crippen LogP contribution in [0.25, 0.3) is 0 Å². The second-order valence-corrected chi connectivity index (χ2v) is 11.6. The zero-order valence-corrected chi connectivity index (χ0v) is 19.9. The van der Waals surface area contributed by atoms with E-state index in [0.717, 1.165) is 35.8 Å². The number of aromatic nitrogens is 2. The summed E-state index contributed by atoms with van der Waals surface area (Å²) in [7, 11) is 2.06. The summed E-state index contributed by atoms with van der Waals surface area (Å²) < 4.78 is 2.11. The van der Waals surface area contributed by atoms with E-state index < -0.39 is 0 Å². The van der Waals surface area contributed by atoms with Gasteiger partial charge in [-0.15, -0.1) is 0 Å². The molecule has 0 radical (unpaired) electrons. The van der Waals surface area contributed by atoms with Crippen LogP contribution in [0, 0.1) is 34.5 Å². The van der Waals surface area contributed by atoms with Crippen molar-refractivity contribution >= 4 is 17.5 Å². The topological polar surface area (TPSA) is 36.7 Å². The number of H-pyrrole nitrogens is 1. The van der Waals surface area contributed by atoms with Gasteiger partial charge in [0.15, 0.2) is 5.78 Å². The minimum atomic E-state index is -0.0676. The molecular weight excluding hydrogens is 432 g/mol. The number of hydrogen-bond acceptors (Lipinski definition) is 2. The molecule has 0 aromatic carbocycles. The number of rotatable bonds is 2. The lowest BCUT2D eigenvalue weighted by molar-refractivity contribution is -0.708. The molecule has 0 saturated heterocycles. The SMILES string of the molecule is C[n+]1cc[nH]c1S[C@H]1CC2C3CCC4CCCC[C@@]4(C)C3CC[C@@]2(C)C1=O.[Br-]. The second kappa shape index (κ2) is 7.44. The number of hydrogen-bond donors (Lipinski definition) is 1. The highest BCUT2D eigenvalue weighted by Crippen LogP contribution is 2.66. The van der Waals surface area contributed by atoms with Crippen LogP contribution in [0.5, 0.6) is 0 Å². The molecule has 0 amide bonds. The molecule has 5 heteroatoms. The number of aromatic amines is 1. The van der Waals surface area contributed by atoms with Crippen LogP contribution in [-0.4, -0.2) is 16.0 Å². The van der Waals surface area contributed by atoms with Gasteiger partial charge in [0.1, 0.15) is 12.4 Å². The van der Waals surface area contributed by atoms with E-state index in [2.05, 4.69) is 30.4 Å². The zero-order chi connectivity index (χ0) is 18.8. The Hall–Kier alpha value is -0.290. The van der Waals surface area contributed by atoms with Crippen LogP contribution in [0.4, 0.5) is 0 Å². The van der Waals surface area contributed by atoms with E-state index in [4.69, 9.17) is 0 Å². The van der Waals surface area contributed by atoms with Gasteiger partial charge in [-0.25, -0.2) is 9.55 Å². The van der Waals surface area contributed by atoms with Crippen molar-refractivity contribution in [3.8, 4) is 0 Å². The number of carbonyl (C=O) groups excluding carboxylic acids is 1. The Labute approximate surface area is 184 Å². The number of thioether (sulfide) groups is 1. The van der Waals surface area contributed by atoms with Gasteiger partial charge in [-0.3, -0.25) is 4.79 Å². The first kappa shape index (κ1) is 21.0. The number of carbonyl (C=O) groups is 1. The van der Waals surface area contributed by atoms with Gasteiger partial charge in [-0.1, -0.05) is 26.7 Å². The molecule has 1 aromatic rings. The summed E-state index contributed by atoms with van der Waals surface area (Å²) in [5.74, 6) is 3.77. The fourth-order valence-corrected chi connectivity index (χ4v) is 9.12. The lowest BCUT2D eigenvalue weighted by Gasteiger charge is -2.59. The fourth-order valence-electron chi connectivity index (χ4n) is 7.80. The Bertz CT molecular complexity index is 751. The normalized spacial score (nSPS) is 45.0. The summed E-state index contributed by atoms with van der Waals surface area (Å²) in [5.41, 5.74) is 0.491. The zero-order valence-electron chi connectivity index (χ0n) is 17.5. The maximum absolute atomic E-state index is 13.5. The van der Waals surface area contributed by atoms with Crippen molar-refractivity contribution in [1.82, 2.24) is 4.98 Å². The van der Waals surface area contributed by atoms with E-state index in [1.54, 1.807) is 11.8 Å². The minimum Gasteiger partial charge on any atom is -1.00 e. The first-order chi connectivity index (χ1) is 12.9. The standard InChI is InChI=1S/C23H34N2OS.BrH/c1-22-10-5-4-6-15(22)7-8-16-17(22)9-11-23(2)18(16)14-19(20(23)26)27-21-24-12-13-25(21)3;/h12-13,15-19H,4-11,14H2,1-3H3;1H/t15?,16?,17?,18?,19-,22+,23+;/m0./s1. The molecule has 4 fully saturated rings. The van der Waals surface area contributed by atoms with E-state index in [1.165, 1.54) is 44.9 Å². The van der Waals surface area contributed by atoms with Crippen LogP contribution in [0.3, 0.4) is 0 Å². The maximum atomic E-state index is 13.5. The summed E-state index contributed by atoms with van der Waals surface area (Å²) in [6.45, 7) is 4.94. The van der Waals surface area contributed by atoms with Crippen molar-refractivity contribution in [3.05, 3.63) is 12.4 Å². The average Bonchev–Trinajstić information content (AvgIpc) is 3.17. The van der Waals surface area contributed by atoms with Gasteiger partial charge in [0.25, 0.3) is 0 Å². The first-order valence-corrected chi connectivity index (χ1v) is 12.1. The Balaban J connectivity index is 0.00000192. The van der Waals surface area contributed by atoms with Crippen LogP contribution in [-0.2, 0) is 11.8 Å². The van der Waals surface area contributed by atoms with Gasteiger partial charge in [0, 0.05) is 5.41 Å². The van der Waals surface area contributed by atoms with Gasteiger partial charge in [0.2, 0.25) is 0 Å². The Morgan fingerprint density at radius 3 is 2.68 bits per heavy atom. The molecule has 4 saturated carbocycles. The third-order valence-electron chi connectivity index (χ3n) is 9.38. The molecule has 0 spiro atoms. The van der Waals surface area contributed by atoms with Crippen molar-refractivity contribution < 1.29 is 26.3 Å². The smallest absolute Gasteiger partial charge is 0.316 e. The van der Waals surface area contributed by atoms with Gasteiger partial charge in [0.05, 0.1) is 12.3 Å². The second-order valence-electron chi connectivity index (χ2n) is 10.4. The molecule has 5 rings (SSSR count). The van der Waals surface area contributed by atoms with E-state index >= 15 is 0 Å². The molecule has 28 heavy (non-hydrogen) atoms. The average molecular weight is 468 g/mol. The third kappa shape index (κ3) is 2.97. The highest BCUT2D eigenvalue weighted by molar-refractivity contribution is 8.00. The summed E-state index contributed by atoms with van der Waals surface area (Å²) in [6.07, 6.45) is 16.1. The number of aryl methyl sites for hydroxylation is 1. The van der Waals surface area contributed by atoms with Crippen LogP contribution < -0.4 is 21.5 Å². The van der Waals surface area contributed by atoms with Crippen LogP contribution in [0.2, 0.25) is 0 Å². The van der Waals surface area contributed by atoms with Crippen LogP contribution >= 0.6 is 11.8 Å². The van der Waals surface area contributed by atoms with Crippen molar-refractivity contribution in [2.45, 2.75) is 82.0 Å². The Morgan fingerprint density at radius 2 is 1.93 bits per heavy atom. The molecular formula is C23H35BrN2OS. The molecule has 7 atom stereocenters. The van der Waals surface area contributed by atoms with Crippen molar-refractivity contribution in [2.75, 3.05) is 0 Å². The predicted molar refractivity (Wildman–Crippen MR) is 108 cm³/mol. The van der Waals surface area contributed by atoms with E-state index in [-0.39, 0.29) is 27.6 Å². The molecule has 4 aliphatic rings. The first-order valence-electron chi connectivity index (χ1n) is 11.2. The minimum absolute atomic E-state index is 0. The highest BCUT2D eigenvalue weighted by Gasteiger charge is 2.62. The molecule has 4 aliphatic carbocycles. The van der Waals surface area contributed by atoms with Gasteiger partial charge < -0.3 is 17.0 Å². The number of fused-ring (bicyclic) bond motifs is 5. The van der Waals surface area contributed by atoms with E-state index in [0.29, 0.717) is 17.1 Å².